The summed E-state index contributed by atoms with van der Waals surface area (Å²) in [6.45, 7) is 1.55. The molecule has 2 amide bonds. The van der Waals surface area contributed by atoms with E-state index in [-0.39, 0.29) is 17.4 Å². The number of carbonyl (C=O) groups excluding carboxylic acids is 2. The summed E-state index contributed by atoms with van der Waals surface area (Å²) >= 11 is 0. The number of carbonyl (C=O) groups is 2. The third-order valence-electron chi connectivity index (χ3n) is 8.86. The molecule has 1 heterocycles. The van der Waals surface area contributed by atoms with Crippen molar-refractivity contribution in [2.75, 3.05) is 13.1 Å². The standard InChI is InChI=1S/C29H34N2O2/c32-27(25-8-6-24(7-9-25)23-4-2-1-3-5-23)30-26-10-12-31(13-11-26)28(33)29-17-20-14-21(18-29)16-22(15-20)19-29/h1-9,20-22,26H,10-19H2,(H,30,32). The predicted molar refractivity (Wildman–Crippen MR) is 130 cm³/mol. The average molecular weight is 443 g/mol. The highest BCUT2D eigenvalue weighted by Gasteiger charge is 2.55. The van der Waals surface area contributed by atoms with E-state index in [1.807, 2.05) is 42.5 Å². The predicted octanol–water partition coefficient (Wildman–Crippen LogP) is 5.29. The van der Waals surface area contributed by atoms with Crippen LogP contribution in [0.15, 0.2) is 54.6 Å². The fourth-order valence-electron chi connectivity index (χ4n) is 7.65. The van der Waals surface area contributed by atoms with E-state index in [0.29, 0.717) is 11.5 Å². The van der Waals surface area contributed by atoms with Gasteiger partial charge in [0.15, 0.2) is 0 Å². The summed E-state index contributed by atoms with van der Waals surface area (Å²) in [5, 5.41) is 3.21. The fraction of sp³-hybridized carbons (Fsp3) is 0.517. The minimum absolute atomic E-state index is 0.0135. The van der Waals surface area contributed by atoms with Gasteiger partial charge in [0.2, 0.25) is 5.91 Å². The fourth-order valence-corrected chi connectivity index (χ4v) is 7.65. The maximum atomic E-state index is 13.6. The van der Waals surface area contributed by atoms with Gasteiger partial charge in [-0.05, 0) is 92.4 Å². The van der Waals surface area contributed by atoms with Crippen LogP contribution >= 0.6 is 0 Å². The van der Waals surface area contributed by atoms with Gasteiger partial charge in [-0.3, -0.25) is 9.59 Å². The Morgan fingerprint density at radius 2 is 1.30 bits per heavy atom. The highest BCUT2D eigenvalue weighted by atomic mass is 16.2. The zero-order valence-corrected chi connectivity index (χ0v) is 19.3. The zero-order chi connectivity index (χ0) is 22.4. The molecular formula is C29H34N2O2. The Morgan fingerprint density at radius 3 is 1.88 bits per heavy atom. The van der Waals surface area contributed by atoms with Gasteiger partial charge >= 0.3 is 0 Å². The number of piperidine rings is 1. The van der Waals surface area contributed by atoms with Crippen LogP contribution in [0.4, 0.5) is 0 Å². The zero-order valence-electron chi connectivity index (χ0n) is 19.3. The van der Waals surface area contributed by atoms with E-state index in [9.17, 15) is 9.59 Å². The van der Waals surface area contributed by atoms with Crippen molar-refractivity contribution in [1.29, 1.82) is 0 Å². The van der Waals surface area contributed by atoms with Gasteiger partial charge in [0.05, 0.1) is 5.41 Å². The molecule has 5 aliphatic rings. The molecule has 33 heavy (non-hydrogen) atoms. The van der Waals surface area contributed by atoms with E-state index in [1.165, 1.54) is 19.3 Å². The molecule has 7 rings (SSSR count). The first-order valence-electron chi connectivity index (χ1n) is 12.8. The normalized spacial score (nSPS) is 30.9. The molecule has 0 atom stereocenters. The smallest absolute Gasteiger partial charge is 0.251 e. The molecule has 2 aromatic rings. The van der Waals surface area contributed by atoms with Crippen molar-refractivity contribution in [3.8, 4) is 11.1 Å². The van der Waals surface area contributed by atoms with Crippen molar-refractivity contribution in [2.24, 2.45) is 23.2 Å². The first-order valence-corrected chi connectivity index (χ1v) is 12.8. The maximum Gasteiger partial charge on any atom is 0.251 e. The lowest BCUT2D eigenvalue weighted by atomic mass is 9.49. The van der Waals surface area contributed by atoms with Gasteiger partial charge in [-0.25, -0.2) is 0 Å². The third kappa shape index (κ3) is 3.98. The second-order valence-electron chi connectivity index (χ2n) is 11.2. The largest absolute Gasteiger partial charge is 0.349 e. The van der Waals surface area contributed by atoms with Crippen LogP contribution in [0.3, 0.4) is 0 Å². The summed E-state index contributed by atoms with van der Waals surface area (Å²) in [5.41, 5.74) is 2.91. The third-order valence-corrected chi connectivity index (χ3v) is 8.86. The molecule has 4 aliphatic carbocycles. The van der Waals surface area contributed by atoms with E-state index in [2.05, 4.69) is 22.3 Å². The van der Waals surface area contributed by atoms with Gasteiger partial charge in [0.1, 0.15) is 0 Å². The molecule has 4 saturated carbocycles. The number of hydrogen-bond donors (Lipinski definition) is 1. The molecule has 0 aromatic heterocycles. The van der Waals surface area contributed by atoms with Gasteiger partial charge < -0.3 is 10.2 Å². The molecule has 5 fully saturated rings. The highest BCUT2D eigenvalue weighted by molar-refractivity contribution is 5.95. The number of likely N-dealkylation sites (tertiary alicyclic amines) is 1. The van der Waals surface area contributed by atoms with E-state index < -0.39 is 0 Å². The van der Waals surface area contributed by atoms with Gasteiger partial charge in [-0.15, -0.1) is 0 Å². The van der Waals surface area contributed by atoms with Gasteiger partial charge in [0.25, 0.3) is 5.91 Å². The molecule has 0 unspecified atom stereocenters. The first-order chi connectivity index (χ1) is 16.1. The monoisotopic (exact) mass is 442 g/mol. The number of benzene rings is 2. The molecule has 4 heteroatoms. The van der Waals surface area contributed by atoms with Crippen LogP contribution in [0.25, 0.3) is 11.1 Å². The summed E-state index contributed by atoms with van der Waals surface area (Å²) in [7, 11) is 0. The second-order valence-corrected chi connectivity index (χ2v) is 11.2. The number of nitrogens with zero attached hydrogens (tertiary/aromatic N) is 1. The summed E-state index contributed by atoms with van der Waals surface area (Å²) in [6.07, 6.45) is 9.21. The lowest BCUT2D eigenvalue weighted by Crippen LogP contribution is -2.56. The Hall–Kier alpha value is -2.62. The van der Waals surface area contributed by atoms with Crippen molar-refractivity contribution in [1.82, 2.24) is 10.2 Å². The molecule has 0 spiro atoms. The van der Waals surface area contributed by atoms with Crippen LogP contribution < -0.4 is 5.32 Å². The summed E-state index contributed by atoms with van der Waals surface area (Å²) in [5.74, 6) is 2.81. The lowest BCUT2D eigenvalue weighted by Gasteiger charge is -2.57. The van der Waals surface area contributed by atoms with E-state index >= 15 is 0 Å². The van der Waals surface area contributed by atoms with Crippen LogP contribution in [0, 0.1) is 23.2 Å². The Labute approximate surface area is 196 Å². The highest BCUT2D eigenvalue weighted by Crippen LogP contribution is 2.60. The summed E-state index contributed by atoms with van der Waals surface area (Å²) < 4.78 is 0. The van der Waals surface area contributed by atoms with Gasteiger partial charge in [-0.2, -0.15) is 0 Å². The molecule has 4 bridgehead atoms. The molecule has 172 valence electrons. The molecule has 2 aromatic carbocycles. The molecular weight excluding hydrogens is 408 g/mol. The Balaban J connectivity index is 1.04. The van der Waals surface area contributed by atoms with Gasteiger partial charge in [0, 0.05) is 24.7 Å². The SMILES string of the molecule is O=C(NC1CCN(C(=O)C23CC4CC(CC(C4)C2)C3)CC1)c1ccc(-c2ccccc2)cc1. The maximum absolute atomic E-state index is 13.6. The van der Waals surface area contributed by atoms with Crippen molar-refractivity contribution in [2.45, 2.75) is 57.4 Å². The van der Waals surface area contributed by atoms with Crippen LogP contribution in [-0.4, -0.2) is 35.8 Å². The first kappa shape index (κ1) is 20.9. The Bertz CT molecular complexity index is 986. The number of nitrogens with one attached hydrogen (secondary N) is 1. The quantitative estimate of drug-likeness (QED) is 0.699. The summed E-state index contributed by atoms with van der Waals surface area (Å²) in [6, 6.07) is 18.2. The molecule has 0 radical (unpaired) electrons. The topological polar surface area (TPSA) is 49.4 Å². The second kappa shape index (κ2) is 8.30. The minimum atomic E-state index is -0.0503. The van der Waals surface area contributed by atoms with E-state index in [4.69, 9.17) is 0 Å². The number of rotatable bonds is 4. The molecule has 1 N–H and O–H groups in total. The summed E-state index contributed by atoms with van der Waals surface area (Å²) in [4.78, 5) is 28.5. The minimum Gasteiger partial charge on any atom is -0.349 e. The molecule has 1 saturated heterocycles. The molecule has 4 nitrogen and oxygen atoms in total. The molecule has 1 aliphatic heterocycles. The van der Waals surface area contributed by atoms with Crippen molar-refractivity contribution in [3.05, 3.63) is 60.2 Å². The van der Waals surface area contributed by atoms with Gasteiger partial charge in [-0.1, -0.05) is 42.5 Å². The van der Waals surface area contributed by atoms with Crippen LogP contribution in [-0.2, 0) is 4.79 Å². The number of amides is 2. The number of hydrogen-bond acceptors (Lipinski definition) is 2. The van der Waals surface area contributed by atoms with Crippen LogP contribution in [0.2, 0.25) is 0 Å². The Morgan fingerprint density at radius 1 is 0.758 bits per heavy atom. The van der Waals surface area contributed by atoms with Crippen molar-refractivity contribution < 1.29 is 9.59 Å². The van der Waals surface area contributed by atoms with Crippen molar-refractivity contribution >= 4 is 11.8 Å². The van der Waals surface area contributed by atoms with Crippen LogP contribution in [0.5, 0.6) is 0 Å². The van der Waals surface area contributed by atoms with E-state index in [1.54, 1.807) is 0 Å². The van der Waals surface area contributed by atoms with E-state index in [0.717, 1.165) is 74.1 Å². The lowest BCUT2D eigenvalue weighted by molar-refractivity contribution is -0.158. The average Bonchev–Trinajstić information content (AvgIpc) is 2.84. The Kier molecular flexibility index (Phi) is 5.27. The van der Waals surface area contributed by atoms with Crippen molar-refractivity contribution in [3.63, 3.8) is 0 Å². The van der Waals surface area contributed by atoms with Crippen LogP contribution in [0.1, 0.15) is 61.7 Å².